The van der Waals surface area contributed by atoms with Gasteiger partial charge in [-0.15, -0.1) is 0 Å². The molecule has 0 radical (unpaired) electrons. The predicted octanol–water partition coefficient (Wildman–Crippen LogP) is 2.59. The van der Waals surface area contributed by atoms with Gasteiger partial charge in [-0.2, -0.15) is 4.39 Å². The monoisotopic (exact) mass is 300 g/mol. The van der Waals surface area contributed by atoms with E-state index in [4.69, 9.17) is 4.74 Å². The van der Waals surface area contributed by atoms with E-state index in [0.29, 0.717) is 0 Å². The smallest absolute Gasteiger partial charge is 0.205 e. The molecule has 0 N–H and O–H groups in total. The Morgan fingerprint density at radius 1 is 1.15 bits per heavy atom. The van der Waals surface area contributed by atoms with Crippen LogP contribution >= 0.6 is 22.6 Å². The summed E-state index contributed by atoms with van der Waals surface area (Å²) in [6, 6.07) is 1.37. The van der Waals surface area contributed by atoms with Crippen molar-refractivity contribution in [1.29, 1.82) is 0 Å². The van der Waals surface area contributed by atoms with Gasteiger partial charge in [0.1, 0.15) is 0 Å². The normalized spacial score (nSPS) is 9.92. The number of benzene rings is 1. The highest BCUT2D eigenvalue weighted by Crippen LogP contribution is 2.34. The van der Waals surface area contributed by atoms with E-state index in [1.165, 1.54) is 20.3 Å². The summed E-state index contributed by atoms with van der Waals surface area (Å²) < 4.78 is 35.7. The topological polar surface area (TPSA) is 18.5 Å². The van der Waals surface area contributed by atoms with Gasteiger partial charge in [-0.25, -0.2) is 4.39 Å². The van der Waals surface area contributed by atoms with Crippen molar-refractivity contribution in [1.82, 2.24) is 0 Å². The fourth-order valence-electron chi connectivity index (χ4n) is 0.899. The first-order chi connectivity index (χ1) is 6.11. The van der Waals surface area contributed by atoms with Gasteiger partial charge in [0.05, 0.1) is 17.8 Å². The van der Waals surface area contributed by atoms with Crippen molar-refractivity contribution in [3.63, 3.8) is 0 Å². The van der Waals surface area contributed by atoms with Crippen molar-refractivity contribution in [3.8, 4) is 11.5 Å². The van der Waals surface area contributed by atoms with Crippen LogP contribution in [0.15, 0.2) is 6.07 Å². The summed E-state index contributed by atoms with van der Waals surface area (Å²) in [6.45, 7) is 0. The third-order valence-electron chi connectivity index (χ3n) is 1.51. The lowest BCUT2D eigenvalue weighted by atomic mass is 10.3. The standard InChI is InChI=1S/C8H7F2IO2/c1-12-5-3-4(11)6(9)7(10)8(5)13-2/h3H,1-2H3. The van der Waals surface area contributed by atoms with E-state index < -0.39 is 11.6 Å². The molecule has 0 aliphatic heterocycles. The van der Waals surface area contributed by atoms with Gasteiger partial charge in [-0.3, -0.25) is 0 Å². The number of ether oxygens (including phenoxy) is 2. The van der Waals surface area contributed by atoms with Gasteiger partial charge in [-0.05, 0) is 22.6 Å². The zero-order chi connectivity index (χ0) is 10.0. The van der Waals surface area contributed by atoms with E-state index in [-0.39, 0.29) is 15.1 Å². The molecule has 2 nitrogen and oxygen atoms in total. The van der Waals surface area contributed by atoms with Crippen LogP contribution < -0.4 is 9.47 Å². The molecule has 5 heteroatoms. The Morgan fingerprint density at radius 3 is 2.23 bits per heavy atom. The average Bonchev–Trinajstić information content (AvgIpc) is 2.13. The molecule has 0 saturated carbocycles. The molecule has 0 aliphatic rings. The van der Waals surface area contributed by atoms with Gasteiger partial charge in [-0.1, -0.05) is 0 Å². The summed E-state index contributed by atoms with van der Waals surface area (Å²) in [5, 5.41) is 0. The fourth-order valence-corrected chi connectivity index (χ4v) is 1.42. The molecule has 1 aromatic carbocycles. The number of halogens is 3. The Bertz CT molecular complexity index is 328. The van der Waals surface area contributed by atoms with E-state index >= 15 is 0 Å². The maximum Gasteiger partial charge on any atom is 0.205 e. The van der Waals surface area contributed by atoms with Crippen LogP contribution in [-0.2, 0) is 0 Å². The Hall–Kier alpha value is -0.590. The third kappa shape index (κ3) is 1.84. The van der Waals surface area contributed by atoms with E-state index in [9.17, 15) is 8.78 Å². The molecule has 1 rings (SSSR count). The van der Waals surface area contributed by atoms with Gasteiger partial charge in [0.25, 0.3) is 0 Å². The Labute approximate surface area is 88.0 Å². The second kappa shape index (κ2) is 4.08. The lowest BCUT2D eigenvalue weighted by Gasteiger charge is -2.09. The van der Waals surface area contributed by atoms with Crippen molar-refractivity contribution in [3.05, 3.63) is 21.3 Å². The molecule has 0 aliphatic carbocycles. The van der Waals surface area contributed by atoms with E-state index in [2.05, 4.69) is 4.74 Å². The first-order valence-electron chi connectivity index (χ1n) is 3.37. The van der Waals surface area contributed by atoms with E-state index in [1.54, 1.807) is 22.6 Å². The highest BCUT2D eigenvalue weighted by Gasteiger charge is 2.18. The van der Waals surface area contributed by atoms with Gasteiger partial charge in [0.2, 0.25) is 5.82 Å². The minimum absolute atomic E-state index is 0.160. The molecule has 0 bridgehead atoms. The van der Waals surface area contributed by atoms with Crippen LogP contribution in [0.4, 0.5) is 8.78 Å². The second-order valence-electron chi connectivity index (χ2n) is 2.22. The first kappa shape index (κ1) is 10.5. The summed E-state index contributed by atoms with van der Waals surface area (Å²) >= 11 is 1.68. The molecule has 0 aromatic heterocycles. The minimum Gasteiger partial charge on any atom is -0.493 e. The predicted molar refractivity (Wildman–Crippen MR) is 52.2 cm³/mol. The van der Waals surface area contributed by atoms with Crippen LogP contribution in [0.25, 0.3) is 0 Å². The van der Waals surface area contributed by atoms with E-state index in [1.807, 2.05) is 0 Å². The number of methoxy groups -OCH3 is 2. The molecule has 0 heterocycles. The van der Waals surface area contributed by atoms with Crippen LogP contribution in [0.2, 0.25) is 0 Å². The van der Waals surface area contributed by atoms with Crippen LogP contribution in [0.3, 0.4) is 0 Å². The van der Waals surface area contributed by atoms with E-state index in [0.717, 1.165) is 0 Å². The Kier molecular flexibility index (Phi) is 3.29. The molecule has 0 amide bonds. The highest BCUT2D eigenvalue weighted by molar-refractivity contribution is 14.1. The van der Waals surface area contributed by atoms with Crippen molar-refractivity contribution >= 4 is 22.6 Å². The molecule has 0 fully saturated rings. The van der Waals surface area contributed by atoms with Crippen LogP contribution in [0.5, 0.6) is 11.5 Å². The molecule has 13 heavy (non-hydrogen) atoms. The van der Waals surface area contributed by atoms with Crippen LogP contribution in [0.1, 0.15) is 0 Å². The van der Waals surface area contributed by atoms with Crippen molar-refractivity contribution < 1.29 is 18.3 Å². The van der Waals surface area contributed by atoms with Crippen molar-refractivity contribution in [2.75, 3.05) is 14.2 Å². The summed E-state index contributed by atoms with van der Waals surface area (Å²) in [6.07, 6.45) is 0. The summed E-state index contributed by atoms with van der Waals surface area (Å²) in [5.74, 6) is -1.96. The van der Waals surface area contributed by atoms with Crippen molar-refractivity contribution in [2.24, 2.45) is 0 Å². The molecule has 0 spiro atoms. The van der Waals surface area contributed by atoms with Crippen LogP contribution in [0, 0.1) is 15.2 Å². The SMILES string of the molecule is COc1cc(I)c(F)c(F)c1OC. The minimum atomic E-state index is -1.02. The molecule has 72 valence electrons. The number of hydrogen-bond acceptors (Lipinski definition) is 2. The average molecular weight is 300 g/mol. The molecule has 0 atom stereocenters. The first-order valence-corrected chi connectivity index (χ1v) is 4.45. The Morgan fingerprint density at radius 2 is 1.77 bits per heavy atom. The molecular weight excluding hydrogens is 293 g/mol. The largest absolute Gasteiger partial charge is 0.493 e. The quantitative estimate of drug-likeness (QED) is 0.617. The second-order valence-corrected chi connectivity index (χ2v) is 3.38. The molecule has 1 aromatic rings. The van der Waals surface area contributed by atoms with Gasteiger partial charge in [0, 0.05) is 6.07 Å². The van der Waals surface area contributed by atoms with Crippen LogP contribution in [-0.4, -0.2) is 14.2 Å². The molecule has 0 saturated heterocycles. The summed E-state index contributed by atoms with van der Waals surface area (Å²) in [5.41, 5.74) is 0. The zero-order valence-corrected chi connectivity index (χ0v) is 9.19. The lowest BCUT2D eigenvalue weighted by Crippen LogP contribution is -1.98. The maximum atomic E-state index is 13.1. The summed E-state index contributed by atoms with van der Waals surface area (Å²) in [7, 11) is 2.62. The zero-order valence-electron chi connectivity index (χ0n) is 7.03. The molecule has 0 unspecified atom stereocenters. The Balaban J connectivity index is 3.39. The van der Waals surface area contributed by atoms with Gasteiger partial charge < -0.3 is 9.47 Å². The van der Waals surface area contributed by atoms with Gasteiger partial charge in [0.15, 0.2) is 17.3 Å². The lowest BCUT2D eigenvalue weighted by molar-refractivity contribution is 0.327. The maximum absolute atomic E-state index is 13.1. The number of rotatable bonds is 2. The fraction of sp³-hybridized carbons (Fsp3) is 0.250. The van der Waals surface area contributed by atoms with Gasteiger partial charge >= 0.3 is 0 Å². The third-order valence-corrected chi connectivity index (χ3v) is 2.29. The van der Waals surface area contributed by atoms with Crippen molar-refractivity contribution in [2.45, 2.75) is 0 Å². The summed E-state index contributed by atoms with van der Waals surface area (Å²) in [4.78, 5) is 0. The molecular formula is C8H7F2IO2. The highest BCUT2D eigenvalue weighted by atomic mass is 127. The number of hydrogen-bond donors (Lipinski definition) is 0.